The van der Waals surface area contributed by atoms with Crippen LogP contribution < -0.4 is 10.1 Å². The largest absolute Gasteiger partial charge is 0.490 e. The predicted octanol–water partition coefficient (Wildman–Crippen LogP) is 4.25. The van der Waals surface area contributed by atoms with Crippen molar-refractivity contribution in [2.24, 2.45) is 4.99 Å². The third kappa shape index (κ3) is 6.82. The average Bonchev–Trinajstić information content (AvgIpc) is 3.33. The molecule has 0 bridgehead atoms. The van der Waals surface area contributed by atoms with Gasteiger partial charge in [0.2, 0.25) is 0 Å². The van der Waals surface area contributed by atoms with Crippen molar-refractivity contribution in [3.05, 3.63) is 52.7 Å². The average molecular weight is 571 g/mol. The van der Waals surface area contributed by atoms with Crippen molar-refractivity contribution in [1.82, 2.24) is 15.1 Å². The number of morpholine rings is 1. The van der Waals surface area contributed by atoms with Gasteiger partial charge in [-0.3, -0.25) is 9.89 Å². The summed E-state index contributed by atoms with van der Waals surface area (Å²) in [5, 5.41) is 5.83. The molecule has 2 fully saturated rings. The van der Waals surface area contributed by atoms with Gasteiger partial charge in [0, 0.05) is 57.5 Å². The third-order valence-electron chi connectivity index (χ3n) is 6.04. The zero-order valence-corrected chi connectivity index (χ0v) is 22.1. The van der Waals surface area contributed by atoms with E-state index < -0.39 is 0 Å². The lowest BCUT2D eigenvalue weighted by atomic mass is 10.1. The smallest absolute Gasteiger partial charge is 0.193 e. The number of benzene rings is 1. The maximum Gasteiger partial charge on any atom is 0.193 e. The van der Waals surface area contributed by atoms with E-state index in [1.165, 1.54) is 4.88 Å². The molecule has 4 rings (SSSR count). The second kappa shape index (κ2) is 12.8. The summed E-state index contributed by atoms with van der Waals surface area (Å²) in [6.07, 6.45) is 2.56. The number of thiophene rings is 1. The minimum atomic E-state index is 0. The molecule has 0 saturated carbocycles. The Kier molecular flexibility index (Phi) is 10.1. The molecule has 2 aliphatic rings. The molecular weight excluding hydrogens is 535 g/mol. The van der Waals surface area contributed by atoms with Gasteiger partial charge < -0.3 is 19.7 Å². The fourth-order valence-corrected chi connectivity index (χ4v) is 5.28. The van der Waals surface area contributed by atoms with Crippen LogP contribution in [-0.2, 0) is 4.74 Å². The summed E-state index contributed by atoms with van der Waals surface area (Å²) in [6, 6.07) is 14.8. The Morgan fingerprint density at radius 3 is 2.62 bits per heavy atom. The molecule has 2 atom stereocenters. The Labute approximate surface area is 213 Å². The number of para-hydroxylation sites is 1. The first-order valence-corrected chi connectivity index (χ1v) is 12.2. The first-order chi connectivity index (χ1) is 15.2. The molecule has 0 aliphatic carbocycles. The number of halogens is 1. The fraction of sp³-hybridized carbons (Fsp3) is 0.542. The zero-order valence-electron chi connectivity index (χ0n) is 19.0. The molecule has 2 aromatic rings. The maximum absolute atomic E-state index is 6.15. The molecule has 2 saturated heterocycles. The van der Waals surface area contributed by atoms with Gasteiger partial charge in [0.1, 0.15) is 11.9 Å². The second-order valence-electron chi connectivity index (χ2n) is 8.25. The molecule has 176 valence electrons. The van der Waals surface area contributed by atoms with Crippen molar-refractivity contribution in [1.29, 1.82) is 0 Å². The highest BCUT2D eigenvalue weighted by molar-refractivity contribution is 14.0. The standard InChI is InChI=1S/C24H34N4O2S.HI/c1-19-18-28(14-15-29-19)22(23-9-6-16-31-23)17-26-24(25-2)27-12-10-21(11-13-27)30-20-7-4-3-5-8-20;/h3-9,16,19,21-22H,10-15,17-18H2,1-2H3,(H,25,26);1H. The van der Waals surface area contributed by atoms with Gasteiger partial charge in [-0.2, -0.15) is 0 Å². The second-order valence-corrected chi connectivity index (χ2v) is 9.23. The molecule has 1 aromatic carbocycles. The highest BCUT2D eigenvalue weighted by Crippen LogP contribution is 2.26. The van der Waals surface area contributed by atoms with Gasteiger partial charge in [-0.25, -0.2) is 0 Å². The summed E-state index contributed by atoms with van der Waals surface area (Å²) in [5.41, 5.74) is 0. The Balaban J connectivity index is 0.00000289. The van der Waals surface area contributed by atoms with Crippen molar-refractivity contribution in [2.45, 2.75) is 38.0 Å². The SMILES string of the molecule is CN=C(NCC(c1cccs1)N1CCOC(C)C1)N1CCC(Oc2ccccc2)CC1.I. The lowest BCUT2D eigenvalue weighted by Gasteiger charge is -2.38. The van der Waals surface area contributed by atoms with E-state index in [9.17, 15) is 0 Å². The number of nitrogens with zero attached hydrogens (tertiary/aromatic N) is 3. The Hall–Kier alpha value is -1.36. The normalized spacial score (nSPS) is 21.6. The summed E-state index contributed by atoms with van der Waals surface area (Å²) in [6.45, 7) is 7.64. The van der Waals surface area contributed by atoms with Gasteiger partial charge in [0.25, 0.3) is 0 Å². The molecule has 6 nitrogen and oxygen atoms in total. The van der Waals surface area contributed by atoms with Crippen LogP contribution in [0.25, 0.3) is 0 Å². The van der Waals surface area contributed by atoms with E-state index in [1.807, 2.05) is 48.7 Å². The molecule has 1 aromatic heterocycles. The predicted molar refractivity (Wildman–Crippen MR) is 142 cm³/mol. The van der Waals surface area contributed by atoms with Gasteiger partial charge in [0.15, 0.2) is 5.96 Å². The van der Waals surface area contributed by atoms with Crippen molar-refractivity contribution in [3.8, 4) is 5.75 Å². The third-order valence-corrected chi connectivity index (χ3v) is 7.01. The van der Waals surface area contributed by atoms with Crippen molar-refractivity contribution in [3.63, 3.8) is 0 Å². The van der Waals surface area contributed by atoms with Crippen molar-refractivity contribution in [2.75, 3.05) is 46.4 Å². The van der Waals surface area contributed by atoms with Gasteiger partial charge >= 0.3 is 0 Å². The molecule has 3 heterocycles. The molecule has 0 spiro atoms. The van der Waals surface area contributed by atoms with Gasteiger partial charge in [-0.05, 0) is 30.5 Å². The number of rotatable bonds is 6. The van der Waals surface area contributed by atoms with Gasteiger partial charge in [-0.15, -0.1) is 35.3 Å². The fourth-order valence-electron chi connectivity index (χ4n) is 4.42. The van der Waals surface area contributed by atoms with Crippen LogP contribution >= 0.6 is 35.3 Å². The molecule has 0 amide bonds. The molecule has 32 heavy (non-hydrogen) atoms. The molecular formula is C24H35IN4O2S. The zero-order chi connectivity index (χ0) is 21.5. The molecule has 2 aliphatic heterocycles. The van der Waals surface area contributed by atoms with E-state index in [1.54, 1.807) is 0 Å². The summed E-state index contributed by atoms with van der Waals surface area (Å²) in [5.74, 6) is 1.95. The number of hydrogen-bond acceptors (Lipinski definition) is 5. The number of aliphatic imine (C=N–C) groups is 1. The number of piperidine rings is 1. The van der Waals surface area contributed by atoms with Crippen LogP contribution in [0.4, 0.5) is 0 Å². The minimum Gasteiger partial charge on any atom is -0.490 e. The van der Waals surface area contributed by atoms with E-state index in [4.69, 9.17) is 9.47 Å². The van der Waals surface area contributed by atoms with E-state index in [-0.39, 0.29) is 36.2 Å². The minimum absolute atomic E-state index is 0. The lowest BCUT2D eigenvalue weighted by Crippen LogP contribution is -2.51. The summed E-state index contributed by atoms with van der Waals surface area (Å²) < 4.78 is 11.9. The monoisotopic (exact) mass is 570 g/mol. The van der Waals surface area contributed by atoms with Gasteiger partial charge in [0.05, 0.1) is 18.8 Å². The number of likely N-dealkylation sites (tertiary alicyclic amines) is 1. The van der Waals surface area contributed by atoms with Gasteiger partial charge in [-0.1, -0.05) is 24.3 Å². The highest BCUT2D eigenvalue weighted by atomic mass is 127. The Bertz CT molecular complexity index is 813. The molecule has 0 radical (unpaired) electrons. The van der Waals surface area contributed by atoms with Crippen LogP contribution in [0.5, 0.6) is 5.75 Å². The quantitative estimate of drug-likeness (QED) is 0.320. The summed E-state index contributed by atoms with van der Waals surface area (Å²) >= 11 is 1.83. The number of nitrogens with one attached hydrogen (secondary N) is 1. The van der Waals surface area contributed by atoms with E-state index in [0.29, 0.717) is 6.04 Å². The first-order valence-electron chi connectivity index (χ1n) is 11.3. The first kappa shape index (κ1) is 25.3. The topological polar surface area (TPSA) is 49.3 Å². The van der Waals surface area contributed by atoms with Crippen LogP contribution in [0.2, 0.25) is 0 Å². The lowest BCUT2D eigenvalue weighted by molar-refractivity contribution is -0.0334. The molecule has 8 heteroatoms. The number of guanidine groups is 1. The van der Waals surface area contributed by atoms with Crippen LogP contribution in [0.1, 0.15) is 30.7 Å². The number of hydrogen-bond donors (Lipinski definition) is 1. The summed E-state index contributed by atoms with van der Waals surface area (Å²) in [7, 11) is 1.88. The van der Waals surface area contributed by atoms with Crippen molar-refractivity contribution >= 4 is 41.3 Å². The van der Waals surface area contributed by atoms with E-state index in [2.05, 4.69) is 44.5 Å². The van der Waals surface area contributed by atoms with E-state index in [0.717, 1.165) is 63.9 Å². The van der Waals surface area contributed by atoms with Crippen LogP contribution in [0.15, 0.2) is 52.8 Å². The Morgan fingerprint density at radius 1 is 1.19 bits per heavy atom. The molecule has 1 N–H and O–H groups in total. The van der Waals surface area contributed by atoms with Crippen LogP contribution in [0, 0.1) is 0 Å². The Morgan fingerprint density at radius 2 is 1.97 bits per heavy atom. The molecule has 2 unspecified atom stereocenters. The maximum atomic E-state index is 6.15. The van der Waals surface area contributed by atoms with Crippen LogP contribution in [-0.4, -0.2) is 74.3 Å². The van der Waals surface area contributed by atoms with Crippen molar-refractivity contribution < 1.29 is 9.47 Å². The number of ether oxygens (including phenoxy) is 2. The highest BCUT2D eigenvalue weighted by Gasteiger charge is 2.28. The summed E-state index contributed by atoms with van der Waals surface area (Å²) in [4.78, 5) is 10.9. The van der Waals surface area contributed by atoms with Crippen LogP contribution in [0.3, 0.4) is 0 Å². The van der Waals surface area contributed by atoms with E-state index >= 15 is 0 Å².